The van der Waals surface area contributed by atoms with E-state index in [0.29, 0.717) is 26.3 Å². The fourth-order valence-corrected chi connectivity index (χ4v) is 3.75. The number of aryl methyl sites for hydroxylation is 1. The van der Waals surface area contributed by atoms with Gasteiger partial charge in [0.05, 0.1) is 13.2 Å². The molecule has 0 unspecified atom stereocenters. The highest BCUT2D eigenvalue weighted by atomic mass is 32.2. The van der Waals surface area contributed by atoms with Crippen LogP contribution in [0.1, 0.15) is 10.5 Å². The summed E-state index contributed by atoms with van der Waals surface area (Å²) < 4.78 is 33.2. The van der Waals surface area contributed by atoms with Gasteiger partial charge in [0.1, 0.15) is 16.9 Å². The molecule has 0 spiro atoms. The van der Waals surface area contributed by atoms with Crippen molar-refractivity contribution in [2.24, 2.45) is 7.05 Å². The number of H-pyrrole nitrogens is 1. The van der Waals surface area contributed by atoms with E-state index in [-0.39, 0.29) is 16.5 Å². The van der Waals surface area contributed by atoms with Crippen LogP contribution in [0.15, 0.2) is 23.5 Å². The van der Waals surface area contributed by atoms with Gasteiger partial charge in [0.2, 0.25) is 16.0 Å². The number of carbonyl (C=O) groups is 1. The molecule has 0 saturated carbocycles. The van der Waals surface area contributed by atoms with Gasteiger partial charge in [-0.3, -0.25) is 10.1 Å². The third kappa shape index (κ3) is 3.11. The average Bonchev–Trinajstić information content (AvgIpc) is 3.18. The Labute approximate surface area is 132 Å². The van der Waals surface area contributed by atoms with Crippen LogP contribution < -0.4 is 5.32 Å². The number of hydrogen-bond donors (Lipinski definition) is 2. The van der Waals surface area contributed by atoms with E-state index in [4.69, 9.17) is 4.74 Å². The summed E-state index contributed by atoms with van der Waals surface area (Å²) in [5.74, 6) is -0.290. The Hall–Kier alpha value is -2.24. The minimum Gasteiger partial charge on any atom is -0.379 e. The van der Waals surface area contributed by atoms with Crippen LogP contribution in [-0.2, 0) is 21.8 Å². The van der Waals surface area contributed by atoms with E-state index in [9.17, 15) is 13.2 Å². The molecule has 10 nitrogen and oxygen atoms in total. The number of morpholine rings is 1. The van der Waals surface area contributed by atoms with Crippen LogP contribution in [0.25, 0.3) is 0 Å². The number of amides is 1. The molecule has 1 fully saturated rings. The second kappa shape index (κ2) is 6.10. The van der Waals surface area contributed by atoms with Gasteiger partial charge in [0.15, 0.2) is 0 Å². The quantitative estimate of drug-likeness (QED) is 0.767. The molecule has 2 N–H and O–H groups in total. The summed E-state index contributed by atoms with van der Waals surface area (Å²) >= 11 is 0. The van der Waals surface area contributed by atoms with E-state index in [1.54, 1.807) is 7.05 Å². The Morgan fingerprint density at radius 2 is 2.13 bits per heavy atom. The van der Waals surface area contributed by atoms with Gasteiger partial charge in [-0.1, -0.05) is 0 Å². The van der Waals surface area contributed by atoms with Crippen LogP contribution in [0.5, 0.6) is 0 Å². The molecule has 3 rings (SSSR count). The second-order valence-corrected chi connectivity index (χ2v) is 6.91. The Kier molecular flexibility index (Phi) is 4.15. The van der Waals surface area contributed by atoms with Crippen LogP contribution in [0, 0.1) is 0 Å². The van der Waals surface area contributed by atoms with Crippen LogP contribution in [0.3, 0.4) is 0 Å². The number of aromatic nitrogens is 4. The zero-order chi connectivity index (χ0) is 16.4. The highest BCUT2D eigenvalue weighted by Gasteiger charge is 2.28. The molecule has 23 heavy (non-hydrogen) atoms. The maximum absolute atomic E-state index is 12.6. The smallest absolute Gasteiger partial charge is 0.274 e. The number of aromatic amines is 1. The summed E-state index contributed by atoms with van der Waals surface area (Å²) in [6, 6.07) is 1.34. The summed E-state index contributed by atoms with van der Waals surface area (Å²) in [7, 11) is -2.04. The Morgan fingerprint density at radius 1 is 1.39 bits per heavy atom. The summed E-state index contributed by atoms with van der Waals surface area (Å²) in [5.41, 5.74) is 0.202. The summed E-state index contributed by atoms with van der Waals surface area (Å²) in [6.07, 6.45) is 2.68. The Bertz CT molecular complexity index is 792. The maximum Gasteiger partial charge on any atom is 0.274 e. The van der Waals surface area contributed by atoms with Crippen molar-refractivity contribution in [2.75, 3.05) is 31.6 Å². The SMILES string of the molecule is Cn1cc(S(=O)(=O)N2CCOCC2)cc1C(=O)Nc1ncn[nH]1. The molecule has 2 aromatic rings. The molecule has 0 bridgehead atoms. The lowest BCUT2D eigenvalue weighted by Gasteiger charge is -2.25. The van der Waals surface area contributed by atoms with Crippen molar-refractivity contribution in [3.05, 3.63) is 24.3 Å². The van der Waals surface area contributed by atoms with Gasteiger partial charge in [-0.2, -0.15) is 14.4 Å². The molecular formula is C12H16N6O4S. The average molecular weight is 340 g/mol. The van der Waals surface area contributed by atoms with Crippen LogP contribution in [-0.4, -0.2) is 64.7 Å². The molecule has 0 radical (unpaired) electrons. The number of nitrogens with one attached hydrogen (secondary N) is 2. The molecule has 0 aliphatic carbocycles. The van der Waals surface area contributed by atoms with Crippen molar-refractivity contribution in [2.45, 2.75) is 4.90 Å². The normalized spacial score (nSPS) is 16.4. The minimum absolute atomic E-state index is 0.0737. The van der Waals surface area contributed by atoms with Crippen molar-refractivity contribution in [1.82, 2.24) is 24.1 Å². The monoisotopic (exact) mass is 340 g/mol. The van der Waals surface area contributed by atoms with E-state index in [1.807, 2.05) is 0 Å². The van der Waals surface area contributed by atoms with Crippen molar-refractivity contribution in [3.8, 4) is 0 Å². The lowest BCUT2D eigenvalue weighted by Crippen LogP contribution is -2.40. The maximum atomic E-state index is 12.6. The van der Waals surface area contributed by atoms with Crippen LogP contribution >= 0.6 is 0 Å². The molecular weight excluding hydrogens is 324 g/mol. The first-order valence-corrected chi connectivity index (χ1v) is 8.33. The lowest BCUT2D eigenvalue weighted by molar-refractivity contribution is 0.0730. The van der Waals surface area contributed by atoms with Crippen molar-refractivity contribution < 1.29 is 17.9 Å². The molecule has 0 atom stereocenters. The first-order chi connectivity index (χ1) is 11.0. The number of sulfonamides is 1. The predicted molar refractivity (Wildman–Crippen MR) is 79.3 cm³/mol. The largest absolute Gasteiger partial charge is 0.379 e. The van der Waals surface area contributed by atoms with Gasteiger partial charge in [-0.25, -0.2) is 13.5 Å². The van der Waals surface area contributed by atoms with E-state index in [0.717, 1.165) is 0 Å². The van der Waals surface area contributed by atoms with Gasteiger partial charge in [0.25, 0.3) is 5.91 Å². The molecule has 1 aliphatic heterocycles. The zero-order valence-corrected chi connectivity index (χ0v) is 13.2. The van der Waals surface area contributed by atoms with E-state index in [1.165, 1.54) is 27.5 Å². The molecule has 11 heteroatoms. The van der Waals surface area contributed by atoms with Crippen molar-refractivity contribution in [3.63, 3.8) is 0 Å². The summed E-state index contributed by atoms with van der Waals surface area (Å²) in [6.45, 7) is 1.34. The van der Waals surface area contributed by atoms with E-state index >= 15 is 0 Å². The summed E-state index contributed by atoms with van der Waals surface area (Å²) in [4.78, 5) is 16.1. The fourth-order valence-electron chi connectivity index (χ4n) is 2.27. The van der Waals surface area contributed by atoms with Gasteiger partial charge in [-0.15, -0.1) is 0 Å². The molecule has 0 aromatic carbocycles. The lowest BCUT2D eigenvalue weighted by atomic mass is 10.4. The number of anilines is 1. The first kappa shape index (κ1) is 15.6. The highest BCUT2D eigenvalue weighted by molar-refractivity contribution is 7.89. The Balaban J connectivity index is 1.84. The van der Waals surface area contributed by atoms with Gasteiger partial charge >= 0.3 is 0 Å². The number of nitrogens with zero attached hydrogens (tertiary/aromatic N) is 4. The van der Waals surface area contributed by atoms with Gasteiger partial charge in [-0.05, 0) is 6.07 Å². The third-order valence-corrected chi connectivity index (χ3v) is 5.33. The zero-order valence-electron chi connectivity index (χ0n) is 12.4. The highest BCUT2D eigenvalue weighted by Crippen LogP contribution is 2.20. The molecule has 2 aromatic heterocycles. The molecule has 1 saturated heterocycles. The summed E-state index contributed by atoms with van der Waals surface area (Å²) in [5, 5.41) is 8.63. The van der Waals surface area contributed by atoms with Crippen LogP contribution in [0.4, 0.5) is 5.95 Å². The predicted octanol–water partition coefficient (Wildman–Crippen LogP) is -0.584. The molecule has 124 valence electrons. The van der Waals surface area contributed by atoms with E-state index in [2.05, 4.69) is 20.5 Å². The van der Waals surface area contributed by atoms with E-state index < -0.39 is 15.9 Å². The number of hydrogen-bond acceptors (Lipinski definition) is 6. The van der Waals surface area contributed by atoms with Gasteiger partial charge < -0.3 is 9.30 Å². The minimum atomic E-state index is -3.64. The molecule has 1 aliphatic rings. The molecule has 1 amide bonds. The third-order valence-electron chi connectivity index (χ3n) is 3.47. The number of ether oxygens (including phenoxy) is 1. The van der Waals surface area contributed by atoms with Crippen LogP contribution in [0.2, 0.25) is 0 Å². The first-order valence-electron chi connectivity index (χ1n) is 6.89. The van der Waals surface area contributed by atoms with Crippen molar-refractivity contribution in [1.29, 1.82) is 0 Å². The second-order valence-electron chi connectivity index (χ2n) is 4.98. The standard InChI is InChI=1S/C12H16N6O4S/c1-17-7-9(23(20,21)18-2-4-22-5-3-18)6-10(17)11(19)15-12-13-8-14-16-12/h6-8H,2-5H2,1H3,(H2,13,14,15,16,19). The number of carbonyl (C=O) groups excluding carboxylic acids is 1. The van der Waals surface area contributed by atoms with Crippen molar-refractivity contribution >= 4 is 21.9 Å². The Morgan fingerprint density at radius 3 is 2.78 bits per heavy atom. The van der Waals surface area contributed by atoms with Gasteiger partial charge in [0, 0.05) is 26.3 Å². The molecule has 3 heterocycles. The topological polar surface area (TPSA) is 122 Å². The fraction of sp³-hybridized carbons (Fsp3) is 0.417. The number of rotatable bonds is 4.